The van der Waals surface area contributed by atoms with Crippen LogP contribution in [0.2, 0.25) is 0 Å². The predicted octanol–water partition coefficient (Wildman–Crippen LogP) is 2.74. The van der Waals surface area contributed by atoms with Gasteiger partial charge in [-0.05, 0) is 24.5 Å². The molecule has 0 amide bonds. The molecule has 3 heteroatoms. The number of phenols is 1. The molecule has 21 heavy (non-hydrogen) atoms. The molecule has 0 saturated heterocycles. The van der Waals surface area contributed by atoms with Crippen molar-refractivity contribution in [2.45, 2.75) is 19.9 Å². The Hall–Kier alpha value is -1.84. The Bertz CT molecular complexity index is 554. The number of aryl methyl sites for hydroxylation is 1. The molecule has 0 aromatic heterocycles. The molecule has 0 fully saturated rings. The van der Waals surface area contributed by atoms with Gasteiger partial charge in [-0.1, -0.05) is 48.5 Å². The van der Waals surface area contributed by atoms with Crippen LogP contribution in [-0.4, -0.2) is 34.8 Å². The third-order valence-corrected chi connectivity index (χ3v) is 3.69. The molecule has 2 N–H and O–H groups in total. The summed E-state index contributed by atoms with van der Waals surface area (Å²) in [6.07, 6.45) is 0.938. The van der Waals surface area contributed by atoms with Crippen molar-refractivity contribution in [2.75, 3.05) is 19.7 Å². The third kappa shape index (κ3) is 4.59. The van der Waals surface area contributed by atoms with Crippen molar-refractivity contribution in [2.24, 2.45) is 0 Å². The highest BCUT2D eigenvalue weighted by molar-refractivity contribution is 5.39. The van der Waals surface area contributed by atoms with Crippen molar-refractivity contribution >= 4 is 0 Å². The fourth-order valence-electron chi connectivity index (χ4n) is 2.43. The molecule has 0 unspecified atom stereocenters. The van der Waals surface area contributed by atoms with Gasteiger partial charge in [0.15, 0.2) is 0 Å². The van der Waals surface area contributed by atoms with Gasteiger partial charge in [0, 0.05) is 25.2 Å². The normalized spacial score (nSPS) is 11.0. The molecule has 2 aromatic rings. The summed E-state index contributed by atoms with van der Waals surface area (Å²) in [5.74, 6) is 0.361. The second kappa shape index (κ2) is 7.81. The van der Waals surface area contributed by atoms with Gasteiger partial charge in [0.2, 0.25) is 0 Å². The summed E-state index contributed by atoms with van der Waals surface area (Å²) in [6, 6.07) is 16.1. The second-order valence-electron chi connectivity index (χ2n) is 5.32. The number of rotatable bonds is 7. The van der Waals surface area contributed by atoms with E-state index in [9.17, 15) is 10.2 Å². The van der Waals surface area contributed by atoms with E-state index in [1.807, 2.05) is 43.3 Å². The number of benzene rings is 2. The van der Waals surface area contributed by atoms with Crippen molar-refractivity contribution < 1.29 is 10.2 Å². The van der Waals surface area contributed by atoms with Crippen LogP contribution in [0.3, 0.4) is 0 Å². The van der Waals surface area contributed by atoms with Crippen LogP contribution in [0.15, 0.2) is 48.5 Å². The van der Waals surface area contributed by atoms with Crippen molar-refractivity contribution in [1.82, 2.24) is 4.90 Å². The maximum atomic E-state index is 10.1. The van der Waals surface area contributed by atoms with E-state index < -0.39 is 0 Å². The van der Waals surface area contributed by atoms with E-state index in [-0.39, 0.29) is 6.61 Å². The molecule has 0 bridgehead atoms. The van der Waals surface area contributed by atoms with Gasteiger partial charge in [-0.15, -0.1) is 0 Å². The van der Waals surface area contributed by atoms with Gasteiger partial charge in [0.05, 0.1) is 6.61 Å². The van der Waals surface area contributed by atoms with Gasteiger partial charge in [0.1, 0.15) is 5.75 Å². The van der Waals surface area contributed by atoms with Gasteiger partial charge in [-0.3, -0.25) is 4.90 Å². The number of nitrogens with zero attached hydrogens (tertiary/aromatic N) is 1. The lowest BCUT2D eigenvalue weighted by molar-refractivity contribution is 0.190. The number of hydrogen-bond donors (Lipinski definition) is 2. The molecule has 0 atom stereocenters. The molecule has 3 nitrogen and oxygen atoms in total. The highest BCUT2D eigenvalue weighted by Crippen LogP contribution is 2.22. The highest BCUT2D eigenvalue weighted by Gasteiger charge is 2.10. The predicted molar refractivity (Wildman–Crippen MR) is 85.4 cm³/mol. The summed E-state index contributed by atoms with van der Waals surface area (Å²) in [5, 5.41) is 19.3. The van der Waals surface area contributed by atoms with E-state index in [4.69, 9.17) is 0 Å². The third-order valence-electron chi connectivity index (χ3n) is 3.69. The number of aromatic hydroxyl groups is 1. The minimum Gasteiger partial charge on any atom is -0.507 e. The number of aliphatic hydroxyl groups is 1. The molecule has 0 heterocycles. The zero-order valence-corrected chi connectivity index (χ0v) is 12.5. The first-order chi connectivity index (χ1) is 10.2. The molecular weight excluding hydrogens is 262 g/mol. The van der Waals surface area contributed by atoms with Crippen molar-refractivity contribution in [3.8, 4) is 5.75 Å². The first kappa shape index (κ1) is 15.5. The first-order valence-electron chi connectivity index (χ1n) is 7.35. The van der Waals surface area contributed by atoms with Crippen LogP contribution in [0.1, 0.15) is 16.7 Å². The largest absolute Gasteiger partial charge is 0.507 e. The Morgan fingerprint density at radius 2 is 1.71 bits per heavy atom. The fourth-order valence-corrected chi connectivity index (χ4v) is 2.43. The zero-order chi connectivity index (χ0) is 15.1. The van der Waals surface area contributed by atoms with E-state index in [1.165, 1.54) is 5.56 Å². The second-order valence-corrected chi connectivity index (χ2v) is 5.32. The molecule has 2 aromatic carbocycles. The SMILES string of the molecule is Cc1cccc(CN(CCO)CCc2ccccc2)c1O. The maximum Gasteiger partial charge on any atom is 0.122 e. The zero-order valence-electron chi connectivity index (χ0n) is 12.5. The summed E-state index contributed by atoms with van der Waals surface area (Å²) >= 11 is 0. The summed E-state index contributed by atoms with van der Waals surface area (Å²) in [6.45, 7) is 4.15. The van der Waals surface area contributed by atoms with Gasteiger partial charge in [0.25, 0.3) is 0 Å². The minimum absolute atomic E-state index is 0.126. The molecule has 0 saturated carbocycles. The maximum absolute atomic E-state index is 10.1. The molecule has 0 aliphatic carbocycles. The molecule has 0 aliphatic heterocycles. The monoisotopic (exact) mass is 285 g/mol. The van der Waals surface area contributed by atoms with Crippen LogP contribution < -0.4 is 0 Å². The standard InChI is InChI=1S/C18H23NO2/c1-15-6-5-9-17(18(15)21)14-19(12-13-20)11-10-16-7-3-2-4-8-16/h2-9,20-21H,10-14H2,1H3. The number of hydrogen-bond acceptors (Lipinski definition) is 3. The Kier molecular flexibility index (Phi) is 5.78. The molecule has 0 radical (unpaired) electrons. The lowest BCUT2D eigenvalue weighted by Crippen LogP contribution is -2.28. The lowest BCUT2D eigenvalue weighted by Gasteiger charge is -2.22. The van der Waals surface area contributed by atoms with Crippen molar-refractivity contribution in [3.05, 3.63) is 65.2 Å². The van der Waals surface area contributed by atoms with Crippen LogP contribution in [0.4, 0.5) is 0 Å². The Morgan fingerprint density at radius 3 is 2.43 bits per heavy atom. The average molecular weight is 285 g/mol. The van der Waals surface area contributed by atoms with E-state index in [0.29, 0.717) is 18.8 Å². The molecule has 2 rings (SSSR count). The quantitative estimate of drug-likeness (QED) is 0.822. The lowest BCUT2D eigenvalue weighted by atomic mass is 10.1. The summed E-state index contributed by atoms with van der Waals surface area (Å²) < 4.78 is 0. The van der Waals surface area contributed by atoms with Gasteiger partial charge >= 0.3 is 0 Å². The first-order valence-corrected chi connectivity index (χ1v) is 7.35. The van der Waals surface area contributed by atoms with Crippen LogP contribution in [-0.2, 0) is 13.0 Å². The van der Waals surface area contributed by atoms with Gasteiger partial charge in [-0.2, -0.15) is 0 Å². The number of phenolic OH excluding ortho intramolecular Hbond substituents is 1. The Morgan fingerprint density at radius 1 is 0.952 bits per heavy atom. The van der Waals surface area contributed by atoms with Crippen LogP contribution in [0.5, 0.6) is 5.75 Å². The summed E-state index contributed by atoms with van der Waals surface area (Å²) in [5.41, 5.74) is 3.09. The van der Waals surface area contributed by atoms with E-state index in [2.05, 4.69) is 17.0 Å². The Balaban J connectivity index is 2.00. The van der Waals surface area contributed by atoms with E-state index in [1.54, 1.807) is 0 Å². The summed E-state index contributed by atoms with van der Waals surface area (Å²) in [4.78, 5) is 2.17. The topological polar surface area (TPSA) is 43.7 Å². The van der Waals surface area contributed by atoms with E-state index >= 15 is 0 Å². The van der Waals surface area contributed by atoms with Crippen molar-refractivity contribution in [1.29, 1.82) is 0 Å². The van der Waals surface area contributed by atoms with Crippen LogP contribution >= 0.6 is 0 Å². The number of aliphatic hydroxyl groups excluding tert-OH is 1. The van der Waals surface area contributed by atoms with E-state index in [0.717, 1.165) is 24.1 Å². The summed E-state index contributed by atoms with van der Waals surface area (Å²) in [7, 11) is 0. The average Bonchev–Trinajstić information content (AvgIpc) is 2.50. The Labute approximate surface area is 126 Å². The molecule has 0 aliphatic rings. The van der Waals surface area contributed by atoms with Gasteiger partial charge < -0.3 is 10.2 Å². The fraction of sp³-hybridized carbons (Fsp3) is 0.333. The smallest absolute Gasteiger partial charge is 0.122 e. The molecular formula is C18H23NO2. The van der Waals surface area contributed by atoms with Crippen LogP contribution in [0, 0.1) is 6.92 Å². The highest BCUT2D eigenvalue weighted by atomic mass is 16.3. The molecule has 0 spiro atoms. The van der Waals surface area contributed by atoms with Crippen LogP contribution in [0.25, 0.3) is 0 Å². The number of para-hydroxylation sites is 1. The molecule has 112 valence electrons. The van der Waals surface area contributed by atoms with Gasteiger partial charge in [-0.25, -0.2) is 0 Å². The van der Waals surface area contributed by atoms with Crippen molar-refractivity contribution in [3.63, 3.8) is 0 Å². The minimum atomic E-state index is 0.126.